The van der Waals surface area contributed by atoms with Crippen LogP contribution in [0.5, 0.6) is 0 Å². The number of rotatable bonds is 3. The van der Waals surface area contributed by atoms with Crippen molar-refractivity contribution in [3.05, 3.63) is 101 Å². The van der Waals surface area contributed by atoms with E-state index >= 15 is 0 Å². The first kappa shape index (κ1) is 18.5. The second-order valence-corrected chi connectivity index (χ2v) is 5.85. The van der Waals surface area contributed by atoms with Crippen LogP contribution in [0.25, 0.3) is 0 Å². The lowest BCUT2D eigenvalue weighted by molar-refractivity contribution is -0.137. The van der Waals surface area contributed by atoms with E-state index in [2.05, 4.69) is 16.8 Å². The summed E-state index contributed by atoms with van der Waals surface area (Å²) in [5.74, 6) is 6.20. The van der Waals surface area contributed by atoms with Crippen molar-refractivity contribution in [1.29, 1.82) is 0 Å². The van der Waals surface area contributed by atoms with Crippen molar-refractivity contribution in [1.82, 2.24) is 0 Å². The second-order valence-electron chi connectivity index (χ2n) is 5.85. The number of benzene rings is 3. The fourth-order valence-electron chi connectivity index (χ4n) is 2.49. The molecule has 3 aromatic carbocycles. The lowest BCUT2D eigenvalue weighted by Gasteiger charge is -2.06. The molecular formula is C23H16F3N. The molecule has 0 aliphatic carbocycles. The zero-order chi connectivity index (χ0) is 19.1. The maximum absolute atomic E-state index is 12.8. The summed E-state index contributed by atoms with van der Waals surface area (Å²) in [4.78, 5) is 4.37. The van der Waals surface area contributed by atoms with E-state index in [0.717, 1.165) is 23.3 Å². The van der Waals surface area contributed by atoms with Gasteiger partial charge in [0.25, 0.3) is 0 Å². The van der Waals surface area contributed by atoms with Gasteiger partial charge in [0.15, 0.2) is 0 Å². The highest BCUT2D eigenvalue weighted by Gasteiger charge is 2.30. The smallest absolute Gasteiger partial charge is 0.256 e. The van der Waals surface area contributed by atoms with Crippen LogP contribution >= 0.6 is 0 Å². The van der Waals surface area contributed by atoms with Crippen LogP contribution < -0.4 is 0 Å². The third-order valence-corrected chi connectivity index (χ3v) is 3.84. The van der Waals surface area contributed by atoms with Gasteiger partial charge in [0.2, 0.25) is 0 Å². The van der Waals surface area contributed by atoms with Crippen molar-refractivity contribution in [3.8, 4) is 11.8 Å². The van der Waals surface area contributed by atoms with Gasteiger partial charge in [-0.05, 0) is 41.5 Å². The van der Waals surface area contributed by atoms with Crippen molar-refractivity contribution in [2.75, 3.05) is 0 Å². The van der Waals surface area contributed by atoms with Crippen LogP contribution in [0.15, 0.2) is 83.9 Å². The Morgan fingerprint density at radius 2 is 1.59 bits per heavy atom. The molecular weight excluding hydrogens is 347 g/mol. The predicted molar refractivity (Wildman–Crippen MR) is 102 cm³/mol. The molecule has 0 amide bonds. The van der Waals surface area contributed by atoms with Gasteiger partial charge in [0, 0.05) is 18.2 Å². The number of para-hydroxylation sites is 1. The summed E-state index contributed by atoms with van der Waals surface area (Å²) in [7, 11) is 0. The van der Waals surface area contributed by atoms with Crippen LogP contribution in [0.1, 0.15) is 22.3 Å². The average molecular weight is 363 g/mol. The maximum atomic E-state index is 12.8. The highest BCUT2D eigenvalue weighted by atomic mass is 19.4. The molecule has 3 aromatic rings. The zero-order valence-electron chi connectivity index (χ0n) is 14.4. The summed E-state index contributed by atoms with van der Waals surface area (Å²) in [6.07, 6.45) is -2.42. The molecule has 3 rings (SSSR count). The summed E-state index contributed by atoms with van der Waals surface area (Å²) in [5, 5.41) is 0. The molecule has 0 aliphatic heterocycles. The minimum absolute atomic E-state index is 0.398. The minimum Gasteiger partial charge on any atom is -0.256 e. The van der Waals surface area contributed by atoms with Gasteiger partial charge in [-0.15, -0.1) is 0 Å². The van der Waals surface area contributed by atoms with Crippen LogP contribution in [0.2, 0.25) is 0 Å². The van der Waals surface area contributed by atoms with Crippen molar-refractivity contribution >= 4 is 11.9 Å². The van der Waals surface area contributed by atoms with Crippen molar-refractivity contribution in [2.45, 2.75) is 12.6 Å². The molecule has 0 atom stereocenters. The number of alkyl halides is 3. The Labute approximate surface area is 156 Å². The van der Waals surface area contributed by atoms with E-state index in [0.29, 0.717) is 17.7 Å². The zero-order valence-corrected chi connectivity index (χ0v) is 14.4. The molecule has 0 N–H and O–H groups in total. The van der Waals surface area contributed by atoms with E-state index in [1.807, 2.05) is 54.6 Å². The lowest BCUT2D eigenvalue weighted by atomic mass is 10.1. The normalized spacial score (nSPS) is 11.2. The summed E-state index contributed by atoms with van der Waals surface area (Å²) in [6.45, 7) is 0. The van der Waals surface area contributed by atoms with E-state index in [9.17, 15) is 13.2 Å². The van der Waals surface area contributed by atoms with Gasteiger partial charge in [0.05, 0.1) is 11.3 Å². The SMILES string of the molecule is FC(F)(F)c1cccc(C=Nc2ccccc2CC#Cc2ccccc2)c1. The Kier molecular flexibility index (Phi) is 5.73. The molecule has 0 radical (unpaired) electrons. The number of aliphatic imine (C=N–C) groups is 1. The largest absolute Gasteiger partial charge is 0.416 e. The second kappa shape index (κ2) is 8.37. The standard InChI is InChI=1S/C23H16F3N/c24-23(25,26)21-14-7-11-19(16-21)17-27-22-15-5-4-12-20(22)13-6-10-18-8-2-1-3-9-18/h1-5,7-9,11-12,14-17H,13H2. The minimum atomic E-state index is -4.37. The Morgan fingerprint density at radius 3 is 2.37 bits per heavy atom. The molecule has 0 saturated heterocycles. The Morgan fingerprint density at radius 1 is 0.852 bits per heavy atom. The Balaban J connectivity index is 1.78. The van der Waals surface area contributed by atoms with E-state index in [1.165, 1.54) is 12.3 Å². The molecule has 4 heteroatoms. The molecule has 0 bridgehead atoms. The summed E-state index contributed by atoms with van der Waals surface area (Å²) in [6, 6.07) is 22.2. The molecule has 0 aliphatic rings. The van der Waals surface area contributed by atoms with Crippen LogP contribution in [-0.2, 0) is 12.6 Å². The van der Waals surface area contributed by atoms with Gasteiger partial charge in [-0.25, -0.2) is 0 Å². The van der Waals surface area contributed by atoms with Gasteiger partial charge < -0.3 is 0 Å². The highest BCUT2D eigenvalue weighted by Crippen LogP contribution is 2.29. The Bertz CT molecular complexity index is 993. The Hall–Kier alpha value is -3.32. The molecule has 0 saturated carbocycles. The van der Waals surface area contributed by atoms with Crippen LogP contribution in [0, 0.1) is 11.8 Å². The van der Waals surface area contributed by atoms with Gasteiger partial charge in [-0.3, -0.25) is 4.99 Å². The molecule has 0 spiro atoms. The van der Waals surface area contributed by atoms with Gasteiger partial charge >= 0.3 is 6.18 Å². The maximum Gasteiger partial charge on any atom is 0.416 e. The summed E-state index contributed by atoms with van der Waals surface area (Å²) < 4.78 is 38.4. The first-order valence-electron chi connectivity index (χ1n) is 8.35. The fraction of sp³-hybridized carbons (Fsp3) is 0.0870. The number of halogens is 3. The predicted octanol–water partition coefficient (Wildman–Crippen LogP) is 6.05. The molecule has 134 valence electrons. The fourth-order valence-corrected chi connectivity index (χ4v) is 2.49. The molecule has 27 heavy (non-hydrogen) atoms. The quantitative estimate of drug-likeness (QED) is 0.397. The van der Waals surface area contributed by atoms with Crippen molar-refractivity contribution in [3.63, 3.8) is 0 Å². The van der Waals surface area contributed by atoms with Crippen LogP contribution in [0.4, 0.5) is 18.9 Å². The van der Waals surface area contributed by atoms with E-state index < -0.39 is 11.7 Å². The first-order valence-corrected chi connectivity index (χ1v) is 8.35. The van der Waals surface area contributed by atoms with Crippen molar-refractivity contribution < 1.29 is 13.2 Å². The molecule has 0 unspecified atom stereocenters. The first-order chi connectivity index (χ1) is 13.0. The third-order valence-electron chi connectivity index (χ3n) is 3.84. The third kappa shape index (κ3) is 5.32. The monoisotopic (exact) mass is 363 g/mol. The van der Waals surface area contributed by atoms with E-state index in [-0.39, 0.29) is 0 Å². The lowest BCUT2D eigenvalue weighted by Crippen LogP contribution is -2.04. The molecule has 0 heterocycles. The topological polar surface area (TPSA) is 12.4 Å². The molecule has 1 nitrogen and oxygen atoms in total. The van der Waals surface area contributed by atoms with Crippen LogP contribution in [0.3, 0.4) is 0 Å². The number of hydrogen-bond acceptors (Lipinski definition) is 1. The van der Waals surface area contributed by atoms with Gasteiger partial charge in [-0.2, -0.15) is 13.2 Å². The summed E-state index contributed by atoms with van der Waals surface area (Å²) in [5.41, 5.74) is 2.26. The van der Waals surface area contributed by atoms with Gasteiger partial charge in [-0.1, -0.05) is 60.4 Å². The summed E-state index contributed by atoms with van der Waals surface area (Å²) >= 11 is 0. The highest BCUT2D eigenvalue weighted by molar-refractivity contribution is 5.82. The van der Waals surface area contributed by atoms with Crippen LogP contribution in [-0.4, -0.2) is 6.21 Å². The van der Waals surface area contributed by atoms with E-state index in [1.54, 1.807) is 6.07 Å². The molecule has 0 fully saturated rings. The number of nitrogens with zero attached hydrogens (tertiary/aromatic N) is 1. The average Bonchev–Trinajstić information content (AvgIpc) is 2.68. The molecule has 0 aromatic heterocycles. The van der Waals surface area contributed by atoms with Crippen molar-refractivity contribution in [2.24, 2.45) is 4.99 Å². The van der Waals surface area contributed by atoms with Gasteiger partial charge in [0.1, 0.15) is 0 Å². The number of hydrogen-bond donors (Lipinski definition) is 0. The van der Waals surface area contributed by atoms with E-state index in [4.69, 9.17) is 0 Å².